The predicted octanol–water partition coefficient (Wildman–Crippen LogP) is 3.02. The molecule has 0 aliphatic rings. The van der Waals surface area contributed by atoms with Crippen LogP contribution in [0.1, 0.15) is 26.2 Å². The third-order valence-electron chi connectivity index (χ3n) is 1.53. The normalized spacial score (nSPS) is 10.9. The minimum Gasteiger partial charge on any atom is -0.462 e. The molecule has 0 saturated heterocycles. The van der Waals surface area contributed by atoms with Crippen LogP contribution in [-0.4, -0.2) is 12.6 Å². The van der Waals surface area contributed by atoms with E-state index >= 15 is 0 Å². The van der Waals surface area contributed by atoms with Crippen LogP contribution in [0.2, 0.25) is 0 Å². The Kier molecular flexibility index (Phi) is 8.86. The van der Waals surface area contributed by atoms with Gasteiger partial charge in [0, 0.05) is 6.08 Å². The lowest BCUT2D eigenvalue weighted by molar-refractivity contribution is -0.137. The topological polar surface area (TPSA) is 26.3 Å². The molecule has 0 radical (unpaired) electrons. The maximum Gasteiger partial charge on any atom is 0.330 e. The molecule has 0 aromatic rings. The number of unbranched alkanes of at least 4 members (excludes halogenated alkanes) is 1. The zero-order valence-corrected chi connectivity index (χ0v) is 8.74. The summed E-state index contributed by atoms with van der Waals surface area (Å²) in [5, 5.41) is 0. The minimum atomic E-state index is -0.361. The van der Waals surface area contributed by atoms with E-state index in [-0.39, 0.29) is 5.97 Å². The van der Waals surface area contributed by atoms with Gasteiger partial charge in [0.1, 0.15) is 0 Å². The summed E-state index contributed by atoms with van der Waals surface area (Å²) in [7, 11) is 0. The highest BCUT2D eigenvalue weighted by Crippen LogP contribution is 1.91. The molecule has 0 aliphatic carbocycles. The van der Waals surface area contributed by atoms with E-state index in [2.05, 4.69) is 19.6 Å². The molecule has 0 spiro atoms. The van der Waals surface area contributed by atoms with Crippen LogP contribution in [0.4, 0.5) is 0 Å². The van der Waals surface area contributed by atoms with Gasteiger partial charge in [-0.3, -0.25) is 0 Å². The first kappa shape index (κ1) is 12.7. The molecule has 0 rings (SSSR count). The van der Waals surface area contributed by atoms with E-state index in [0.717, 1.165) is 12.8 Å². The molecule has 2 heteroatoms. The van der Waals surface area contributed by atoms with E-state index in [4.69, 9.17) is 4.74 Å². The fraction of sp³-hybridized carbons (Fsp3) is 0.417. The number of rotatable bonds is 7. The van der Waals surface area contributed by atoms with Crippen molar-refractivity contribution in [1.29, 1.82) is 0 Å². The van der Waals surface area contributed by atoms with Crippen molar-refractivity contribution in [3.05, 3.63) is 37.0 Å². The minimum absolute atomic E-state index is 0.361. The lowest BCUT2D eigenvalue weighted by atomic mass is 10.3. The van der Waals surface area contributed by atoms with Crippen LogP contribution >= 0.6 is 0 Å². The molecule has 78 valence electrons. The van der Waals surface area contributed by atoms with Crippen molar-refractivity contribution in [2.24, 2.45) is 0 Å². The van der Waals surface area contributed by atoms with Crippen molar-refractivity contribution in [2.45, 2.75) is 26.2 Å². The average Bonchev–Trinajstić information content (AvgIpc) is 2.21. The van der Waals surface area contributed by atoms with Gasteiger partial charge >= 0.3 is 5.97 Å². The molecule has 0 unspecified atom stereocenters. The Morgan fingerprint density at radius 1 is 1.29 bits per heavy atom. The van der Waals surface area contributed by atoms with E-state index in [1.54, 1.807) is 0 Å². The van der Waals surface area contributed by atoms with E-state index < -0.39 is 0 Å². The molecule has 0 N–H and O–H groups in total. The van der Waals surface area contributed by atoms with E-state index in [9.17, 15) is 4.79 Å². The Morgan fingerprint density at radius 3 is 2.50 bits per heavy atom. The summed E-state index contributed by atoms with van der Waals surface area (Å²) in [4.78, 5) is 10.6. The van der Waals surface area contributed by atoms with Gasteiger partial charge in [-0.25, -0.2) is 4.79 Å². The number of carbonyl (C=O) groups is 1. The van der Waals surface area contributed by atoms with Gasteiger partial charge in [0.25, 0.3) is 0 Å². The molecule has 0 aliphatic heterocycles. The Bertz CT molecular complexity index is 214. The number of ether oxygens (including phenoxy) is 1. The Balaban J connectivity index is 3.35. The van der Waals surface area contributed by atoms with E-state index in [0.29, 0.717) is 6.61 Å². The van der Waals surface area contributed by atoms with Gasteiger partial charge in [-0.1, -0.05) is 44.2 Å². The Morgan fingerprint density at radius 2 is 1.93 bits per heavy atom. The van der Waals surface area contributed by atoms with Crippen molar-refractivity contribution >= 4 is 5.97 Å². The number of hydrogen-bond donors (Lipinski definition) is 0. The lowest BCUT2D eigenvalue weighted by Gasteiger charge is -1.96. The molecule has 0 aromatic carbocycles. The summed E-state index contributed by atoms with van der Waals surface area (Å²) in [6.07, 6.45) is 12.3. The molecule has 0 fully saturated rings. The fourth-order valence-electron chi connectivity index (χ4n) is 0.803. The van der Waals surface area contributed by atoms with Crippen molar-refractivity contribution < 1.29 is 9.53 Å². The maximum atomic E-state index is 10.6. The van der Waals surface area contributed by atoms with E-state index in [1.165, 1.54) is 12.5 Å². The SMILES string of the molecule is C=CC(=O)OCC/C=C/C=C/CCC. The quantitative estimate of drug-likeness (QED) is 0.269. The Hall–Kier alpha value is -1.31. The average molecular weight is 194 g/mol. The highest BCUT2D eigenvalue weighted by atomic mass is 16.5. The Labute approximate surface area is 86.0 Å². The first-order valence-corrected chi connectivity index (χ1v) is 4.92. The highest BCUT2D eigenvalue weighted by Gasteiger charge is 1.90. The molecule has 0 atom stereocenters. The first-order valence-electron chi connectivity index (χ1n) is 4.92. The third-order valence-corrected chi connectivity index (χ3v) is 1.53. The molecule has 2 nitrogen and oxygen atoms in total. The van der Waals surface area contributed by atoms with Crippen molar-refractivity contribution in [2.75, 3.05) is 6.61 Å². The summed E-state index contributed by atoms with van der Waals surface area (Å²) in [6, 6.07) is 0. The summed E-state index contributed by atoms with van der Waals surface area (Å²) in [6.45, 7) is 5.87. The van der Waals surface area contributed by atoms with Gasteiger partial charge in [0.05, 0.1) is 6.61 Å². The van der Waals surface area contributed by atoms with Gasteiger partial charge in [-0.2, -0.15) is 0 Å². The number of allylic oxidation sites excluding steroid dienone is 3. The lowest BCUT2D eigenvalue weighted by Crippen LogP contribution is -2.00. The molecular formula is C12H18O2. The number of carbonyl (C=O) groups excluding carboxylic acids is 1. The maximum absolute atomic E-state index is 10.6. The van der Waals surface area contributed by atoms with Crippen LogP contribution < -0.4 is 0 Å². The summed E-state index contributed by atoms with van der Waals surface area (Å²) in [5.74, 6) is -0.361. The van der Waals surface area contributed by atoms with Crippen LogP contribution in [0.25, 0.3) is 0 Å². The van der Waals surface area contributed by atoms with Gasteiger partial charge in [-0.15, -0.1) is 0 Å². The third kappa shape index (κ3) is 8.78. The van der Waals surface area contributed by atoms with Crippen molar-refractivity contribution in [1.82, 2.24) is 0 Å². The first-order chi connectivity index (χ1) is 6.81. The monoisotopic (exact) mass is 194 g/mol. The second-order valence-corrected chi connectivity index (χ2v) is 2.81. The number of esters is 1. The summed E-state index contributed by atoms with van der Waals surface area (Å²) >= 11 is 0. The van der Waals surface area contributed by atoms with Gasteiger partial charge < -0.3 is 4.74 Å². The smallest absolute Gasteiger partial charge is 0.330 e. The van der Waals surface area contributed by atoms with Gasteiger partial charge in [0.2, 0.25) is 0 Å². The van der Waals surface area contributed by atoms with Crippen LogP contribution in [0.5, 0.6) is 0 Å². The van der Waals surface area contributed by atoms with Crippen molar-refractivity contribution in [3.63, 3.8) is 0 Å². The largest absolute Gasteiger partial charge is 0.462 e. The summed E-state index contributed by atoms with van der Waals surface area (Å²) < 4.78 is 4.79. The standard InChI is InChI=1S/C12H18O2/c1-3-5-6-7-8-9-10-11-14-12(13)4-2/h4,6-9H,2-3,5,10-11H2,1H3/b7-6+,9-8+. The fourth-order valence-corrected chi connectivity index (χ4v) is 0.803. The zero-order chi connectivity index (χ0) is 10.6. The van der Waals surface area contributed by atoms with Crippen LogP contribution in [0.15, 0.2) is 37.0 Å². The molecule has 0 bridgehead atoms. The second-order valence-electron chi connectivity index (χ2n) is 2.81. The number of hydrogen-bond acceptors (Lipinski definition) is 2. The van der Waals surface area contributed by atoms with Gasteiger partial charge in [0.15, 0.2) is 0 Å². The van der Waals surface area contributed by atoms with Crippen LogP contribution in [0, 0.1) is 0 Å². The molecule has 0 amide bonds. The van der Waals surface area contributed by atoms with Crippen LogP contribution in [-0.2, 0) is 9.53 Å². The molecule has 0 heterocycles. The van der Waals surface area contributed by atoms with Gasteiger partial charge in [-0.05, 0) is 12.8 Å². The molecule has 14 heavy (non-hydrogen) atoms. The van der Waals surface area contributed by atoms with E-state index in [1.807, 2.05) is 18.2 Å². The molecule has 0 saturated carbocycles. The predicted molar refractivity (Wildman–Crippen MR) is 59.0 cm³/mol. The molecular weight excluding hydrogens is 176 g/mol. The van der Waals surface area contributed by atoms with Crippen LogP contribution in [0.3, 0.4) is 0 Å². The second kappa shape index (κ2) is 9.78. The zero-order valence-electron chi connectivity index (χ0n) is 8.74. The van der Waals surface area contributed by atoms with Crippen molar-refractivity contribution in [3.8, 4) is 0 Å². The summed E-state index contributed by atoms with van der Waals surface area (Å²) in [5.41, 5.74) is 0. The highest BCUT2D eigenvalue weighted by molar-refractivity contribution is 5.81. The molecule has 0 aromatic heterocycles.